The minimum absolute atomic E-state index is 0.583. The van der Waals surface area contributed by atoms with Crippen LogP contribution in [0.1, 0.15) is 13.8 Å². The Balaban J connectivity index is 3.22. The van der Waals surface area contributed by atoms with E-state index >= 15 is 0 Å². The van der Waals surface area contributed by atoms with Gasteiger partial charge in [-0.15, -0.1) is 0 Å². The summed E-state index contributed by atoms with van der Waals surface area (Å²) in [5.41, 5.74) is 0.676. The fourth-order valence-electron chi connectivity index (χ4n) is 0.0630. The van der Waals surface area contributed by atoms with Crippen molar-refractivity contribution >= 4 is 7.56 Å². The molecule has 0 rings (SSSR count). The van der Waals surface area contributed by atoms with Gasteiger partial charge >= 0.3 is 7.56 Å². The molecular weight excluding hydrogens is 77.9 g/mol. The van der Waals surface area contributed by atoms with Gasteiger partial charge in [0, 0.05) is 0 Å². The first kappa shape index (κ1) is 5.73. The molecule has 0 saturated carbocycles. The lowest BCUT2D eigenvalue weighted by Crippen LogP contribution is -1.78. The molecule has 0 N–H and O–H groups in total. The van der Waals surface area contributed by atoms with Gasteiger partial charge in [0.1, 0.15) is 0 Å². The highest BCUT2D eigenvalue weighted by Gasteiger charge is 1.83. The Kier molecular flexibility index (Phi) is 2.82. The third-order valence-electron chi connectivity index (χ3n) is 0.627. The summed E-state index contributed by atoms with van der Waals surface area (Å²) < 4.78 is 11.2. The molecule has 0 nitrogen and oxygen atoms in total. The second-order valence-corrected chi connectivity index (χ2v) is 1.14. The van der Waals surface area contributed by atoms with Crippen LogP contribution < -0.4 is 0 Å². The molecular formula is C4H7BF. The summed E-state index contributed by atoms with van der Waals surface area (Å²) in [6.07, 6.45) is 1.71. The lowest BCUT2D eigenvalue weighted by molar-refractivity contribution is 0.876. The first-order valence-electron chi connectivity index (χ1n) is 1.87. The van der Waals surface area contributed by atoms with Gasteiger partial charge < -0.3 is 4.32 Å². The van der Waals surface area contributed by atoms with Crippen LogP contribution >= 0.6 is 0 Å². The molecule has 0 aromatic carbocycles. The van der Waals surface area contributed by atoms with Crippen LogP contribution in [-0.4, -0.2) is 7.56 Å². The van der Waals surface area contributed by atoms with Crippen LogP contribution in [0.3, 0.4) is 0 Å². The zero-order valence-corrected chi connectivity index (χ0v) is 4.03. The summed E-state index contributed by atoms with van der Waals surface area (Å²) in [5.74, 6) is 0. The molecule has 0 aliphatic heterocycles. The molecule has 0 aliphatic carbocycles. The summed E-state index contributed by atoms with van der Waals surface area (Å²) in [5, 5.41) is 0. The van der Waals surface area contributed by atoms with Crippen LogP contribution in [0.25, 0.3) is 0 Å². The van der Waals surface area contributed by atoms with E-state index in [1.807, 2.05) is 0 Å². The lowest BCUT2D eigenvalue weighted by Gasteiger charge is -1.78. The predicted octanol–water partition coefficient (Wildman–Crippen LogP) is 1.50. The minimum Gasteiger partial charge on any atom is -0.336 e. The normalized spacial score (nSPS) is 11.5. The van der Waals surface area contributed by atoms with E-state index in [1.165, 1.54) is 0 Å². The summed E-state index contributed by atoms with van der Waals surface area (Å²) in [4.78, 5) is 0. The van der Waals surface area contributed by atoms with E-state index in [9.17, 15) is 4.32 Å². The van der Waals surface area contributed by atoms with E-state index in [4.69, 9.17) is 0 Å². The number of hydrogen-bond acceptors (Lipinski definition) is 0. The predicted molar refractivity (Wildman–Crippen MR) is 26.3 cm³/mol. The van der Waals surface area contributed by atoms with Crippen molar-refractivity contribution in [2.75, 3.05) is 0 Å². The molecule has 0 aromatic rings. The Morgan fingerprint density at radius 2 is 2.33 bits per heavy atom. The molecule has 1 radical (unpaired) electrons. The average molecular weight is 84.9 g/mol. The third kappa shape index (κ3) is 2.00. The highest BCUT2D eigenvalue weighted by Crippen LogP contribution is 1.85. The maximum absolute atomic E-state index is 11.2. The molecule has 0 aliphatic rings. The van der Waals surface area contributed by atoms with E-state index in [0.717, 1.165) is 0 Å². The molecule has 6 heavy (non-hydrogen) atoms. The third-order valence-corrected chi connectivity index (χ3v) is 0.627. The van der Waals surface area contributed by atoms with E-state index in [0.29, 0.717) is 13.0 Å². The van der Waals surface area contributed by atoms with Crippen molar-refractivity contribution in [1.82, 2.24) is 0 Å². The van der Waals surface area contributed by atoms with E-state index < -0.39 is 0 Å². The summed E-state index contributed by atoms with van der Waals surface area (Å²) in [7, 11) is 0.583. The van der Waals surface area contributed by atoms with Gasteiger partial charge in [0.2, 0.25) is 0 Å². The van der Waals surface area contributed by atoms with Crippen molar-refractivity contribution < 1.29 is 4.32 Å². The van der Waals surface area contributed by atoms with Crippen LogP contribution in [0.2, 0.25) is 0 Å². The van der Waals surface area contributed by atoms with Gasteiger partial charge in [-0.3, -0.25) is 0 Å². The first-order chi connectivity index (χ1) is 2.81. The molecule has 0 fully saturated rings. The molecule has 2 heteroatoms. The van der Waals surface area contributed by atoms with Crippen molar-refractivity contribution in [3.8, 4) is 0 Å². The fraction of sp³-hybridized carbons (Fsp3) is 0.500. The van der Waals surface area contributed by atoms with Gasteiger partial charge in [-0.2, -0.15) is 0 Å². The molecule has 0 spiro atoms. The standard InChI is InChI=1S/C4H7BF/c1-3-4(2)5-6/h3H,1-2H3. The SMILES string of the molecule is CC=C(C)[B]F. The molecule has 0 saturated heterocycles. The Labute approximate surface area is 38.3 Å². The molecule has 0 unspecified atom stereocenters. The smallest absolute Gasteiger partial charge is 0.336 e. The summed E-state index contributed by atoms with van der Waals surface area (Å²) >= 11 is 0. The molecule has 0 aromatic heterocycles. The topological polar surface area (TPSA) is 0 Å². The lowest BCUT2D eigenvalue weighted by atomic mass is 9.93. The number of halogens is 1. The van der Waals surface area contributed by atoms with E-state index in [1.54, 1.807) is 19.9 Å². The highest BCUT2D eigenvalue weighted by atomic mass is 19.1. The maximum atomic E-state index is 11.2. The zero-order chi connectivity index (χ0) is 4.99. The maximum Gasteiger partial charge on any atom is 0.386 e. The Morgan fingerprint density at radius 3 is 2.33 bits per heavy atom. The van der Waals surface area contributed by atoms with Gasteiger partial charge in [0.05, 0.1) is 0 Å². The van der Waals surface area contributed by atoms with Crippen molar-refractivity contribution in [3.05, 3.63) is 11.5 Å². The highest BCUT2D eigenvalue weighted by molar-refractivity contribution is 6.36. The van der Waals surface area contributed by atoms with Gasteiger partial charge in [-0.25, -0.2) is 0 Å². The van der Waals surface area contributed by atoms with E-state index in [-0.39, 0.29) is 0 Å². The molecule has 0 heterocycles. The Morgan fingerprint density at radius 1 is 1.83 bits per heavy atom. The number of rotatable bonds is 1. The van der Waals surface area contributed by atoms with Gasteiger partial charge in [0.15, 0.2) is 0 Å². The second-order valence-electron chi connectivity index (χ2n) is 1.14. The van der Waals surface area contributed by atoms with Gasteiger partial charge in [-0.05, 0) is 13.8 Å². The van der Waals surface area contributed by atoms with Gasteiger partial charge in [-0.1, -0.05) is 11.5 Å². The number of allylic oxidation sites excluding steroid dienone is 2. The van der Waals surface area contributed by atoms with Crippen LogP contribution in [0, 0.1) is 0 Å². The fourth-order valence-corrected chi connectivity index (χ4v) is 0.0630. The molecule has 0 atom stereocenters. The Hall–Kier alpha value is -0.265. The largest absolute Gasteiger partial charge is 0.386 e. The molecule has 0 amide bonds. The summed E-state index contributed by atoms with van der Waals surface area (Å²) in [6, 6.07) is 0. The van der Waals surface area contributed by atoms with Crippen molar-refractivity contribution in [1.29, 1.82) is 0 Å². The van der Waals surface area contributed by atoms with Crippen LogP contribution in [0.5, 0.6) is 0 Å². The summed E-state index contributed by atoms with van der Waals surface area (Å²) in [6.45, 7) is 3.51. The van der Waals surface area contributed by atoms with Crippen molar-refractivity contribution in [3.63, 3.8) is 0 Å². The number of hydrogen-bond donors (Lipinski definition) is 0. The van der Waals surface area contributed by atoms with Crippen LogP contribution in [0.15, 0.2) is 11.5 Å². The first-order valence-corrected chi connectivity index (χ1v) is 1.87. The van der Waals surface area contributed by atoms with Crippen LogP contribution in [0.4, 0.5) is 4.32 Å². The minimum atomic E-state index is 0.583. The molecule has 33 valence electrons. The monoisotopic (exact) mass is 85.1 g/mol. The van der Waals surface area contributed by atoms with E-state index in [2.05, 4.69) is 0 Å². The van der Waals surface area contributed by atoms with Gasteiger partial charge in [0.25, 0.3) is 0 Å². The zero-order valence-electron chi connectivity index (χ0n) is 4.03. The molecule has 0 bridgehead atoms. The second kappa shape index (κ2) is 2.95. The van der Waals surface area contributed by atoms with Crippen molar-refractivity contribution in [2.45, 2.75) is 13.8 Å². The van der Waals surface area contributed by atoms with Crippen molar-refractivity contribution in [2.24, 2.45) is 0 Å². The quantitative estimate of drug-likeness (QED) is 0.423. The Bertz CT molecular complexity index is 58.6. The average Bonchev–Trinajstić information content (AvgIpc) is 1.65. The van der Waals surface area contributed by atoms with Crippen LogP contribution in [-0.2, 0) is 0 Å².